The van der Waals surface area contributed by atoms with Crippen molar-refractivity contribution in [3.8, 4) is 17.2 Å². The minimum Gasteiger partial charge on any atom is -0.478 e. The standard InChI is InChI=1S/C28H23NO5/c1-18-24(29-27(32-18)20-8-4-2-5-9-20)17-23-16-21-14-19(12-13-25(21)34-23)15-26(28(30)31)33-22-10-6-3-7-11-22/h2-14,16,26H,15,17H2,1H3,(H,30,31)/t26-/m0/s1. The Morgan fingerprint density at radius 1 is 0.971 bits per heavy atom. The highest BCUT2D eigenvalue weighted by Gasteiger charge is 2.21. The van der Waals surface area contributed by atoms with Crippen LogP contribution in [0.25, 0.3) is 22.4 Å². The molecule has 0 bridgehead atoms. The van der Waals surface area contributed by atoms with Gasteiger partial charge in [-0.1, -0.05) is 42.5 Å². The predicted molar refractivity (Wildman–Crippen MR) is 128 cm³/mol. The number of carboxylic acids is 1. The number of oxazole rings is 1. The second-order valence-corrected chi connectivity index (χ2v) is 8.11. The number of nitrogens with zero attached hydrogens (tertiary/aromatic N) is 1. The maximum atomic E-state index is 11.8. The van der Waals surface area contributed by atoms with E-state index in [1.807, 2.05) is 79.7 Å². The molecular weight excluding hydrogens is 430 g/mol. The number of aromatic nitrogens is 1. The number of fused-ring (bicyclic) bond motifs is 1. The lowest BCUT2D eigenvalue weighted by Crippen LogP contribution is -2.29. The average molecular weight is 453 g/mol. The van der Waals surface area contributed by atoms with Crippen molar-refractivity contribution in [1.82, 2.24) is 4.98 Å². The number of hydrogen-bond acceptors (Lipinski definition) is 5. The van der Waals surface area contributed by atoms with Crippen molar-refractivity contribution < 1.29 is 23.5 Å². The number of aryl methyl sites for hydroxylation is 1. The molecule has 3 aromatic carbocycles. The van der Waals surface area contributed by atoms with Gasteiger partial charge in [-0.25, -0.2) is 9.78 Å². The fourth-order valence-electron chi connectivity index (χ4n) is 3.88. The van der Waals surface area contributed by atoms with E-state index < -0.39 is 12.1 Å². The number of carbonyl (C=O) groups is 1. The molecule has 0 amide bonds. The summed E-state index contributed by atoms with van der Waals surface area (Å²) < 4.78 is 17.6. The fraction of sp³-hybridized carbons (Fsp3) is 0.143. The first-order chi connectivity index (χ1) is 16.5. The molecule has 0 aliphatic rings. The summed E-state index contributed by atoms with van der Waals surface area (Å²) >= 11 is 0. The molecule has 0 fully saturated rings. The Kier molecular flexibility index (Phi) is 5.87. The third-order valence-corrected chi connectivity index (χ3v) is 5.60. The van der Waals surface area contributed by atoms with Gasteiger partial charge in [0.2, 0.25) is 5.89 Å². The number of ether oxygens (including phenoxy) is 1. The Bertz CT molecular complexity index is 1420. The number of para-hydroxylation sites is 1. The Balaban J connectivity index is 1.34. The molecule has 6 heteroatoms. The zero-order valence-corrected chi connectivity index (χ0v) is 18.6. The van der Waals surface area contributed by atoms with Gasteiger partial charge in [-0.15, -0.1) is 0 Å². The Hall–Kier alpha value is -4.32. The van der Waals surface area contributed by atoms with Crippen molar-refractivity contribution in [2.24, 2.45) is 0 Å². The van der Waals surface area contributed by atoms with Crippen LogP contribution in [0.4, 0.5) is 0 Å². The zero-order chi connectivity index (χ0) is 23.5. The molecule has 0 aliphatic heterocycles. The van der Waals surface area contributed by atoms with Crippen LogP contribution in [0.1, 0.15) is 22.8 Å². The quantitative estimate of drug-likeness (QED) is 0.307. The lowest BCUT2D eigenvalue weighted by atomic mass is 10.1. The number of benzene rings is 3. The first-order valence-electron chi connectivity index (χ1n) is 11.0. The SMILES string of the molecule is Cc1oc(-c2ccccc2)nc1Cc1cc2cc(C[C@H](Oc3ccccc3)C(=O)O)ccc2o1. The van der Waals surface area contributed by atoms with E-state index in [0.29, 0.717) is 18.1 Å². The van der Waals surface area contributed by atoms with Gasteiger partial charge in [0.25, 0.3) is 0 Å². The lowest BCUT2D eigenvalue weighted by Gasteiger charge is -2.15. The smallest absolute Gasteiger partial charge is 0.345 e. The van der Waals surface area contributed by atoms with E-state index in [0.717, 1.165) is 39.3 Å². The van der Waals surface area contributed by atoms with Gasteiger partial charge in [0.15, 0.2) is 6.10 Å². The predicted octanol–water partition coefficient (Wildman–Crippen LogP) is 6.06. The molecule has 0 radical (unpaired) electrons. The molecule has 170 valence electrons. The van der Waals surface area contributed by atoms with Crippen LogP contribution in [-0.2, 0) is 17.6 Å². The topological polar surface area (TPSA) is 85.7 Å². The van der Waals surface area contributed by atoms with Gasteiger partial charge in [0.05, 0.1) is 12.1 Å². The van der Waals surface area contributed by atoms with Crippen LogP contribution in [0.15, 0.2) is 93.8 Å². The number of aliphatic carboxylic acids is 1. The van der Waals surface area contributed by atoms with E-state index in [4.69, 9.17) is 13.6 Å². The molecule has 5 aromatic rings. The molecule has 34 heavy (non-hydrogen) atoms. The summed E-state index contributed by atoms with van der Waals surface area (Å²) in [4.78, 5) is 16.4. The van der Waals surface area contributed by atoms with Crippen LogP contribution < -0.4 is 4.74 Å². The number of hydrogen-bond donors (Lipinski definition) is 1. The van der Waals surface area contributed by atoms with Crippen molar-refractivity contribution in [3.05, 3.63) is 108 Å². The Labute approximate surface area is 196 Å². The summed E-state index contributed by atoms with van der Waals surface area (Å²) in [5.74, 6) is 1.62. The molecule has 0 saturated heterocycles. The third kappa shape index (κ3) is 4.71. The molecule has 2 heterocycles. The molecule has 0 unspecified atom stereocenters. The van der Waals surface area contributed by atoms with Gasteiger partial charge in [-0.05, 0) is 55.0 Å². The van der Waals surface area contributed by atoms with E-state index >= 15 is 0 Å². The molecule has 5 rings (SSSR count). The summed E-state index contributed by atoms with van der Waals surface area (Å²) in [6.07, 6.45) is -0.245. The van der Waals surface area contributed by atoms with Gasteiger partial charge in [0, 0.05) is 17.4 Å². The van der Waals surface area contributed by atoms with Gasteiger partial charge < -0.3 is 18.7 Å². The van der Waals surface area contributed by atoms with Crippen LogP contribution in [-0.4, -0.2) is 22.2 Å². The molecule has 0 aliphatic carbocycles. The van der Waals surface area contributed by atoms with Gasteiger partial charge in [0.1, 0.15) is 22.9 Å². The normalized spacial score (nSPS) is 12.0. The van der Waals surface area contributed by atoms with E-state index in [-0.39, 0.29) is 6.42 Å². The number of rotatable bonds is 8. The highest BCUT2D eigenvalue weighted by Crippen LogP contribution is 2.27. The summed E-state index contributed by atoms with van der Waals surface area (Å²) in [6, 6.07) is 26.4. The average Bonchev–Trinajstić information content (AvgIpc) is 3.42. The third-order valence-electron chi connectivity index (χ3n) is 5.60. The van der Waals surface area contributed by atoms with Crippen molar-refractivity contribution in [2.75, 3.05) is 0 Å². The van der Waals surface area contributed by atoms with Gasteiger partial charge in [-0.2, -0.15) is 0 Å². The highest BCUT2D eigenvalue weighted by molar-refractivity contribution is 5.79. The highest BCUT2D eigenvalue weighted by atomic mass is 16.5. The maximum Gasteiger partial charge on any atom is 0.345 e. The van der Waals surface area contributed by atoms with Crippen LogP contribution >= 0.6 is 0 Å². The molecule has 0 saturated carbocycles. The summed E-state index contributed by atoms with van der Waals surface area (Å²) in [6.45, 7) is 1.90. The van der Waals surface area contributed by atoms with Crippen molar-refractivity contribution in [3.63, 3.8) is 0 Å². The lowest BCUT2D eigenvalue weighted by molar-refractivity contribution is -0.145. The molecule has 1 N–H and O–H groups in total. The van der Waals surface area contributed by atoms with Gasteiger partial charge in [-0.3, -0.25) is 0 Å². The van der Waals surface area contributed by atoms with E-state index in [1.54, 1.807) is 12.1 Å². The molecule has 0 spiro atoms. The van der Waals surface area contributed by atoms with E-state index in [9.17, 15) is 9.90 Å². The Morgan fingerprint density at radius 2 is 1.71 bits per heavy atom. The monoisotopic (exact) mass is 453 g/mol. The van der Waals surface area contributed by atoms with Crippen LogP contribution in [0.2, 0.25) is 0 Å². The maximum absolute atomic E-state index is 11.8. The second-order valence-electron chi connectivity index (χ2n) is 8.11. The Morgan fingerprint density at radius 3 is 2.44 bits per heavy atom. The molecular formula is C28H23NO5. The van der Waals surface area contributed by atoms with Crippen LogP contribution in [0.3, 0.4) is 0 Å². The second kappa shape index (κ2) is 9.27. The van der Waals surface area contributed by atoms with E-state index in [1.165, 1.54) is 0 Å². The summed E-state index contributed by atoms with van der Waals surface area (Å²) in [7, 11) is 0. The summed E-state index contributed by atoms with van der Waals surface area (Å²) in [5.41, 5.74) is 3.34. The van der Waals surface area contributed by atoms with E-state index in [2.05, 4.69) is 4.98 Å². The van der Waals surface area contributed by atoms with Crippen LogP contribution in [0.5, 0.6) is 5.75 Å². The number of carboxylic acid groups (broad SMARTS) is 1. The molecule has 6 nitrogen and oxygen atoms in total. The minimum absolute atomic E-state index is 0.240. The van der Waals surface area contributed by atoms with Crippen molar-refractivity contribution in [1.29, 1.82) is 0 Å². The zero-order valence-electron chi connectivity index (χ0n) is 18.6. The van der Waals surface area contributed by atoms with Crippen molar-refractivity contribution >= 4 is 16.9 Å². The first kappa shape index (κ1) is 21.5. The van der Waals surface area contributed by atoms with Crippen LogP contribution in [0, 0.1) is 6.92 Å². The first-order valence-corrected chi connectivity index (χ1v) is 11.0. The summed E-state index contributed by atoms with van der Waals surface area (Å²) in [5, 5.41) is 10.5. The molecule has 2 aromatic heterocycles. The number of furan rings is 1. The molecule has 1 atom stereocenters. The van der Waals surface area contributed by atoms with Crippen molar-refractivity contribution in [2.45, 2.75) is 25.9 Å². The fourth-order valence-corrected chi connectivity index (χ4v) is 3.88. The minimum atomic E-state index is -1.01. The van der Waals surface area contributed by atoms with Gasteiger partial charge >= 0.3 is 5.97 Å². The largest absolute Gasteiger partial charge is 0.478 e.